The first-order valence-corrected chi connectivity index (χ1v) is 5.43. The lowest BCUT2D eigenvalue weighted by Crippen LogP contribution is -2.25. The van der Waals surface area contributed by atoms with Crippen LogP contribution in [-0.4, -0.2) is 12.5 Å². The number of nitrogens with one attached hydrogen (secondary N) is 1. The zero-order valence-corrected chi connectivity index (χ0v) is 9.00. The van der Waals surface area contributed by atoms with Gasteiger partial charge in [0.1, 0.15) is 5.75 Å². The van der Waals surface area contributed by atoms with Crippen LogP contribution in [0, 0.1) is 0 Å². The molecular weight excluding hydrogens is 281 g/mol. The monoisotopic (exact) mass is 289 g/mol. The van der Waals surface area contributed by atoms with Crippen molar-refractivity contribution in [2.75, 3.05) is 11.9 Å². The van der Waals surface area contributed by atoms with Gasteiger partial charge in [-0.3, -0.25) is 4.79 Å². The number of alkyl halides is 1. The zero-order chi connectivity index (χ0) is 9.26. The van der Waals surface area contributed by atoms with Crippen LogP contribution in [0.4, 0.5) is 5.69 Å². The topological polar surface area (TPSA) is 38.3 Å². The molecule has 0 saturated heterocycles. The van der Waals surface area contributed by atoms with E-state index < -0.39 is 0 Å². The summed E-state index contributed by atoms with van der Waals surface area (Å²) < 4.78 is 6.15. The minimum atomic E-state index is -0.0851. The predicted molar refractivity (Wildman–Crippen MR) is 58.3 cm³/mol. The van der Waals surface area contributed by atoms with E-state index in [1.54, 1.807) is 0 Å². The van der Waals surface area contributed by atoms with Gasteiger partial charge in [0.15, 0.2) is 6.61 Å². The fourth-order valence-electron chi connectivity index (χ4n) is 1.21. The summed E-state index contributed by atoms with van der Waals surface area (Å²) in [6.45, 7) is 0.122. The lowest BCUT2D eigenvalue weighted by atomic mass is 10.2. The normalized spacial score (nSPS) is 14.4. The number of carbonyl (C=O) groups is 1. The summed E-state index contributed by atoms with van der Waals surface area (Å²) in [7, 11) is 0. The minimum Gasteiger partial charge on any atom is -0.482 e. The van der Waals surface area contributed by atoms with Gasteiger partial charge in [0.2, 0.25) is 0 Å². The number of carbonyl (C=O) groups excluding carboxylic acids is 1. The lowest BCUT2D eigenvalue weighted by molar-refractivity contribution is -0.118. The van der Waals surface area contributed by atoms with Gasteiger partial charge in [0, 0.05) is 4.43 Å². The average Bonchev–Trinajstić information content (AvgIpc) is 2.16. The quantitative estimate of drug-likeness (QED) is 0.634. The second-order valence-electron chi connectivity index (χ2n) is 2.80. The van der Waals surface area contributed by atoms with Crippen LogP contribution in [0.15, 0.2) is 18.2 Å². The Bertz CT molecular complexity index is 351. The van der Waals surface area contributed by atoms with E-state index in [0.29, 0.717) is 0 Å². The largest absolute Gasteiger partial charge is 0.482 e. The molecule has 1 aliphatic heterocycles. The van der Waals surface area contributed by atoms with Gasteiger partial charge in [-0.1, -0.05) is 28.7 Å². The molecule has 1 aromatic carbocycles. The second-order valence-corrected chi connectivity index (χ2v) is 3.56. The lowest BCUT2D eigenvalue weighted by Gasteiger charge is -2.18. The molecule has 0 fully saturated rings. The first-order chi connectivity index (χ1) is 6.29. The van der Waals surface area contributed by atoms with E-state index in [2.05, 4.69) is 27.9 Å². The van der Waals surface area contributed by atoms with Gasteiger partial charge in [0.25, 0.3) is 5.91 Å². The van der Waals surface area contributed by atoms with Crippen molar-refractivity contribution in [2.24, 2.45) is 0 Å². The minimum absolute atomic E-state index is 0.0851. The first-order valence-electron chi connectivity index (χ1n) is 3.91. The molecule has 0 saturated carbocycles. The van der Waals surface area contributed by atoms with E-state index >= 15 is 0 Å². The predicted octanol–water partition coefficient (Wildman–Crippen LogP) is 1.95. The molecule has 13 heavy (non-hydrogen) atoms. The number of amides is 1. The van der Waals surface area contributed by atoms with Gasteiger partial charge in [-0.05, 0) is 17.7 Å². The Balaban J connectivity index is 2.38. The molecule has 1 N–H and O–H groups in total. The number of anilines is 1. The van der Waals surface area contributed by atoms with E-state index in [4.69, 9.17) is 4.74 Å². The number of ether oxygens (including phenoxy) is 1. The molecule has 0 spiro atoms. The highest BCUT2D eigenvalue weighted by Gasteiger charge is 2.15. The van der Waals surface area contributed by atoms with E-state index in [-0.39, 0.29) is 12.5 Å². The fourth-order valence-corrected chi connectivity index (χ4v) is 1.69. The van der Waals surface area contributed by atoms with Gasteiger partial charge in [0.05, 0.1) is 5.69 Å². The Hall–Kier alpha value is -0.780. The number of hydrogen-bond donors (Lipinski definition) is 1. The van der Waals surface area contributed by atoms with Crippen molar-refractivity contribution in [2.45, 2.75) is 4.43 Å². The number of rotatable bonds is 1. The molecule has 1 heterocycles. The molecule has 0 atom stereocenters. The molecule has 68 valence electrons. The number of hydrogen-bond acceptors (Lipinski definition) is 2. The van der Waals surface area contributed by atoms with Crippen LogP contribution >= 0.6 is 22.6 Å². The van der Waals surface area contributed by atoms with Gasteiger partial charge in [-0.15, -0.1) is 0 Å². The molecule has 0 aromatic heterocycles. The number of benzene rings is 1. The highest BCUT2D eigenvalue weighted by atomic mass is 127. The van der Waals surface area contributed by atoms with Gasteiger partial charge >= 0.3 is 0 Å². The summed E-state index contributed by atoms with van der Waals surface area (Å²) >= 11 is 2.28. The van der Waals surface area contributed by atoms with E-state index in [1.807, 2.05) is 18.2 Å². The SMILES string of the molecule is O=C1COc2ccc(CI)cc2N1. The van der Waals surface area contributed by atoms with Gasteiger partial charge in [-0.2, -0.15) is 0 Å². The van der Waals surface area contributed by atoms with Crippen LogP contribution in [0.1, 0.15) is 5.56 Å². The third-order valence-electron chi connectivity index (χ3n) is 1.83. The van der Waals surface area contributed by atoms with Crippen LogP contribution in [0.5, 0.6) is 5.75 Å². The van der Waals surface area contributed by atoms with Crippen LogP contribution in [0.25, 0.3) is 0 Å². The summed E-state index contributed by atoms with van der Waals surface area (Å²) in [6.07, 6.45) is 0. The standard InChI is InChI=1S/C9H8INO2/c10-4-6-1-2-8-7(3-6)11-9(12)5-13-8/h1-3H,4-5H2,(H,11,12). The van der Waals surface area contributed by atoms with Crippen LogP contribution in [0.3, 0.4) is 0 Å². The highest BCUT2D eigenvalue weighted by Crippen LogP contribution is 2.28. The highest BCUT2D eigenvalue weighted by molar-refractivity contribution is 14.1. The number of fused-ring (bicyclic) bond motifs is 1. The maximum Gasteiger partial charge on any atom is 0.262 e. The molecule has 0 unspecified atom stereocenters. The molecule has 3 nitrogen and oxygen atoms in total. The maximum absolute atomic E-state index is 11.0. The third kappa shape index (κ3) is 1.77. The molecule has 0 aliphatic carbocycles. The smallest absolute Gasteiger partial charge is 0.262 e. The maximum atomic E-state index is 11.0. The van der Waals surface area contributed by atoms with Crippen molar-refractivity contribution in [3.05, 3.63) is 23.8 Å². The molecular formula is C9H8INO2. The molecule has 0 bridgehead atoms. The number of halogens is 1. The molecule has 1 aromatic rings. The van der Waals surface area contributed by atoms with Crippen LogP contribution < -0.4 is 10.1 Å². The van der Waals surface area contributed by atoms with Crippen molar-refractivity contribution in [1.29, 1.82) is 0 Å². The Morgan fingerprint density at radius 2 is 2.38 bits per heavy atom. The third-order valence-corrected chi connectivity index (χ3v) is 2.71. The van der Waals surface area contributed by atoms with Gasteiger partial charge in [-0.25, -0.2) is 0 Å². The molecule has 2 rings (SSSR count). The van der Waals surface area contributed by atoms with Crippen molar-refractivity contribution in [3.8, 4) is 5.75 Å². The zero-order valence-electron chi connectivity index (χ0n) is 6.84. The van der Waals surface area contributed by atoms with Crippen molar-refractivity contribution < 1.29 is 9.53 Å². The molecule has 1 amide bonds. The second kappa shape index (κ2) is 3.53. The van der Waals surface area contributed by atoms with E-state index in [9.17, 15) is 4.79 Å². The van der Waals surface area contributed by atoms with Crippen LogP contribution in [0.2, 0.25) is 0 Å². The Kier molecular flexibility index (Phi) is 2.39. The fraction of sp³-hybridized carbons (Fsp3) is 0.222. The van der Waals surface area contributed by atoms with Crippen molar-refractivity contribution in [1.82, 2.24) is 0 Å². The average molecular weight is 289 g/mol. The summed E-state index contributed by atoms with van der Waals surface area (Å²) in [5, 5.41) is 2.77. The first kappa shape index (κ1) is 8.80. The summed E-state index contributed by atoms with van der Waals surface area (Å²) in [5.41, 5.74) is 1.97. The summed E-state index contributed by atoms with van der Waals surface area (Å²) in [5.74, 6) is 0.673. The molecule has 4 heteroatoms. The van der Waals surface area contributed by atoms with Crippen LogP contribution in [-0.2, 0) is 9.22 Å². The van der Waals surface area contributed by atoms with Crippen molar-refractivity contribution in [3.63, 3.8) is 0 Å². The summed E-state index contributed by atoms with van der Waals surface area (Å²) in [4.78, 5) is 11.0. The summed E-state index contributed by atoms with van der Waals surface area (Å²) in [6, 6.07) is 5.84. The van der Waals surface area contributed by atoms with Gasteiger partial charge < -0.3 is 10.1 Å². The molecule has 0 radical (unpaired) electrons. The Morgan fingerprint density at radius 1 is 1.54 bits per heavy atom. The van der Waals surface area contributed by atoms with E-state index in [1.165, 1.54) is 5.56 Å². The Labute approximate surface area is 89.6 Å². The van der Waals surface area contributed by atoms with E-state index in [0.717, 1.165) is 15.9 Å². The van der Waals surface area contributed by atoms with Crippen molar-refractivity contribution >= 4 is 34.2 Å². The molecule has 1 aliphatic rings. The Morgan fingerprint density at radius 3 is 3.15 bits per heavy atom.